The molecule has 0 saturated carbocycles. The molecule has 1 N–H and O–H groups in total. The summed E-state index contributed by atoms with van der Waals surface area (Å²) in [5, 5.41) is 8.15. The average molecular weight is 350 g/mol. The van der Waals surface area contributed by atoms with E-state index in [1.54, 1.807) is 0 Å². The standard InChI is InChI=1S/C22H14N4O/c1-2-4-17-15(3-1)10-20(24-17)22-25-19-8-6-14(11-21(19)27-22)13-5-7-18-16(9-13)12-23-26-18/h1-9,11-12H,10H2,(H,23,26). The van der Waals surface area contributed by atoms with Crippen LogP contribution in [-0.2, 0) is 6.42 Å². The first-order valence-electron chi connectivity index (χ1n) is 8.83. The van der Waals surface area contributed by atoms with E-state index in [1.165, 1.54) is 5.56 Å². The van der Waals surface area contributed by atoms with Crippen molar-refractivity contribution >= 4 is 33.4 Å². The maximum Gasteiger partial charge on any atom is 0.242 e. The Hall–Kier alpha value is -3.73. The van der Waals surface area contributed by atoms with Gasteiger partial charge in [-0.1, -0.05) is 30.3 Å². The Morgan fingerprint density at radius 2 is 1.81 bits per heavy atom. The molecule has 5 heteroatoms. The van der Waals surface area contributed by atoms with Gasteiger partial charge >= 0.3 is 0 Å². The van der Waals surface area contributed by atoms with Gasteiger partial charge in [0.2, 0.25) is 5.89 Å². The molecule has 0 aliphatic carbocycles. The minimum Gasteiger partial charge on any atom is -0.435 e. The van der Waals surface area contributed by atoms with E-state index in [0.717, 1.165) is 50.9 Å². The summed E-state index contributed by atoms with van der Waals surface area (Å²) in [4.78, 5) is 9.32. The van der Waals surface area contributed by atoms with E-state index in [9.17, 15) is 0 Å². The number of benzene rings is 3. The number of para-hydroxylation sites is 1. The molecule has 0 bridgehead atoms. The van der Waals surface area contributed by atoms with Crippen molar-refractivity contribution in [2.75, 3.05) is 0 Å². The molecule has 0 fully saturated rings. The third-order valence-corrected chi connectivity index (χ3v) is 5.01. The first kappa shape index (κ1) is 14.4. The number of hydrogen-bond acceptors (Lipinski definition) is 4. The second-order valence-electron chi connectivity index (χ2n) is 6.74. The molecule has 0 unspecified atom stereocenters. The van der Waals surface area contributed by atoms with Gasteiger partial charge in [-0.05, 0) is 47.0 Å². The van der Waals surface area contributed by atoms with Gasteiger partial charge in [0.1, 0.15) is 11.2 Å². The fraction of sp³-hybridized carbons (Fsp3) is 0.0455. The zero-order chi connectivity index (χ0) is 17.8. The van der Waals surface area contributed by atoms with E-state index in [1.807, 2.05) is 42.6 Å². The number of fused-ring (bicyclic) bond motifs is 3. The Bertz CT molecular complexity index is 1360. The van der Waals surface area contributed by atoms with Crippen molar-refractivity contribution in [2.24, 2.45) is 4.99 Å². The molecule has 2 aromatic heterocycles. The first-order valence-corrected chi connectivity index (χ1v) is 8.83. The average Bonchev–Trinajstić information content (AvgIpc) is 3.42. The minimum atomic E-state index is 0.601. The second-order valence-corrected chi connectivity index (χ2v) is 6.74. The Morgan fingerprint density at radius 1 is 0.926 bits per heavy atom. The molecule has 0 radical (unpaired) electrons. The molecule has 5 nitrogen and oxygen atoms in total. The number of aromatic nitrogens is 3. The summed E-state index contributed by atoms with van der Waals surface area (Å²) in [6.45, 7) is 0. The molecule has 5 aromatic rings. The third kappa shape index (κ3) is 2.29. The Labute approximate surface area is 154 Å². The number of rotatable bonds is 2. The van der Waals surface area contributed by atoms with Gasteiger partial charge in [0.15, 0.2) is 5.58 Å². The van der Waals surface area contributed by atoms with Crippen LogP contribution >= 0.6 is 0 Å². The molecule has 3 heterocycles. The number of aromatic amines is 1. The summed E-state index contributed by atoms with van der Waals surface area (Å²) in [5.41, 5.74) is 7.95. The maximum absolute atomic E-state index is 6.06. The largest absolute Gasteiger partial charge is 0.435 e. The lowest BCUT2D eigenvalue weighted by Crippen LogP contribution is -2.00. The van der Waals surface area contributed by atoms with Gasteiger partial charge in [-0.15, -0.1) is 0 Å². The molecule has 1 aliphatic rings. The molecule has 0 atom stereocenters. The minimum absolute atomic E-state index is 0.601. The maximum atomic E-state index is 6.06. The van der Waals surface area contributed by atoms with Crippen molar-refractivity contribution < 1.29 is 4.42 Å². The number of oxazole rings is 1. The van der Waals surface area contributed by atoms with Crippen LogP contribution < -0.4 is 0 Å². The van der Waals surface area contributed by atoms with Crippen LogP contribution in [0.25, 0.3) is 33.1 Å². The summed E-state index contributed by atoms with van der Waals surface area (Å²) in [6.07, 6.45) is 2.59. The van der Waals surface area contributed by atoms with E-state index in [4.69, 9.17) is 4.42 Å². The Kier molecular flexibility index (Phi) is 2.88. The number of H-pyrrole nitrogens is 1. The van der Waals surface area contributed by atoms with E-state index in [0.29, 0.717) is 5.89 Å². The van der Waals surface area contributed by atoms with Gasteiger partial charge in [-0.3, -0.25) is 5.10 Å². The van der Waals surface area contributed by atoms with Crippen LogP contribution in [0.1, 0.15) is 11.5 Å². The van der Waals surface area contributed by atoms with Gasteiger partial charge in [0.05, 0.1) is 17.4 Å². The zero-order valence-corrected chi connectivity index (χ0v) is 14.3. The highest BCUT2D eigenvalue weighted by molar-refractivity contribution is 6.04. The fourth-order valence-corrected chi connectivity index (χ4v) is 3.61. The predicted octanol–water partition coefficient (Wildman–Crippen LogP) is 5.05. The summed E-state index contributed by atoms with van der Waals surface area (Å²) in [7, 11) is 0. The van der Waals surface area contributed by atoms with Crippen molar-refractivity contribution in [3.05, 3.63) is 78.3 Å². The molecule has 0 amide bonds. The second kappa shape index (κ2) is 5.38. The van der Waals surface area contributed by atoms with Gasteiger partial charge in [0.25, 0.3) is 0 Å². The zero-order valence-electron chi connectivity index (χ0n) is 14.3. The highest BCUT2D eigenvalue weighted by atomic mass is 16.3. The van der Waals surface area contributed by atoms with Crippen LogP contribution in [0.4, 0.5) is 5.69 Å². The Morgan fingerprint density at radius 3 is 2.78 bits per heavy atom. The number of hydrogen-bond donors (Lipinski definition) is 1. The monoisotopic (exact) mass is 350 g/mol. The van der Waals surface area contributed by atoms with Crippen LogP contribution in [0.3, 0.4) is 0 Å². The molecule has 3 aromatic carbocycles. The van der Waals surface area contributed by atoms with Crippen molar-refractivity contribution in [3.8, 4) is 11.1 Å². The summed E-state index contributed by atoms with van der Waals surface area (Å²) in [6, 6.07) is 20.5. The molecular formula is C22H14N4O. The number of aliphatic imine (C=N–C) groups is 1. The summed E-state index contributed by atoms with van der Waals surface area (Å²) in [5.74, 6) is 0.601. The van der Waals surface area contributed by atoms with Crippen LogP contribution in [0.5, 0.6) is 0 Å². The number of nitrogens with zero attached hydrogens (tertiary/aromatic N) is 3. The van der Waals surface area contributed by atoms with E-state index >= 15 is 0 Å². The first-order chi connectivity index (χ1) is 13.3. The molecule has 128 valence electrons. The van der Waals surface area contributed by atoms with Crippen molar-refractivity contribution in [3.63, 3.8) is 0 Å². The number of nitrogens with one attached hydrogen (secondary N) is 1. The highest BCUT2D eigenvalue weighted by Crippen LogP contribution is 2.31. The fourth-order valence-electron chi connectivity index (χ4n) is 3.61. The van der Waals surface area contributed by atoms with Gasteiger partial charge in [0, 0.05) is 11.8 Å². The third-order valence-electron chi connectivity index (χ3n) is 5.01. The van der Waals surface area contributed by atoms with Gasteiger partial charge in [-0.25, -0.2) is 9.98 Å². The highest BCUT2D eigenvalue weighted by Gasteiger charge is 2.20. The van der Waals surface area contributed by atoms with Crippen molar-refractivity contribution in [1.29, 1.82) is 0 Å². The molecular weight excluding hydrogens is 336 g/mol. The quantitative estimate of drug-likeness (QED) is 0.484. The van der Waals surface area contributed by atoms with E-state index in [-0.39, 0.29) is 0 Å². The van der Waals surface area contributed by atoms with Crippen LogP contribution in [0.15, 0.2) is 76.3 Å². The van der Waals surface area contributed by atoms with Crippen LogP contribution in [0.2, 0.25) is 0 Å². The lowest BCUT2D eigenvalue weighted by molar-refractivity contribution is 0.589. The smallest absolute Gasteiger partial charge is 0.242 e. The normalized spacial score (nSPS) is 13.3. The molecule has 1 aliphatic heterocycles. The van der Waals surface area contributed by atoms with Gasteiger partial charge < -0.3 is 4.42 Å². The topological polar surface area (TPSA) is 67.1 Å². The predicted molar refractivity (Wildman–Crippen MR) is 105 cm³/mol. The van der Waals surface area contributed by atoms with Crippen molar-refractivity contribution in [2.45, 2.75) is 6.42 Å². The van der Waals surface area contributed by atoms with E-state index in [2.05, 4.69) is 44.4 Å². The lowest BCUT2D eigenvalue weighted by atomic mass is 10.0. The summed E-state index contributed by atoms with van der Waals surface area (Å²) >= 11 is 0. The molecule has 0 spiro atoms. The summed E-state index contributed by atoms with van der Waals surface area (Å²) < 4.78 is 6.06. The van der Waals surface area contributed by atoms with Crippen LogP contribution in [-0.4, -0.2) is 20.9 Å². The molecule has 6 rings (SSSR count). The van der Waals surface area contributed by atoms with Crippen molar-refractivity contribution in [1.82, 2.24) is 15.2 Å². The van der Waals surface area contributed by atoms with Crippen LogP contribution in [0, 0.1) is 0 Å². The Balaban J connectivity index is 1.41. The van der Waals surface area contributed by atoms with Gasteiger partial charge in [-0.2, -0.15) is 5.10 Å². The molecule has 0 saturated heterocycles. The molecule has 27 heavy (non-hydrogen) atoms. The van der Waals surface area contributed by atoms with E-state index < -0.39 is 0 Å². The lowest BCUT2D eigenvalue weighted by Gasteiger charge is -2.01. The SMILES string of the molecule is c1ccc2c(c1)CC(c1nc3ccc(-c4ccc5[nH]ncc5c4)cc3o1)=N2.